The minimum atomic E-state index is -0.241. The van der Waals surface area contributed by atoms with Gasteiger partial charge in [-0.15, -0.1) is 0 Å². The highest BCUT2D eigenvalue weighted by Gasteiger charge is 2.33. The van der Waals surface area contributed by atoms with E-state index in [4.69, 9.17) is 0 Å². The van der Waals surface area contributed by atoms with E-state index in [1.807, 2.05) is 19.0 Å². The molecular weight excluding hydrogens is 338 g/mol. The minimum Gasteiger partial charge on any atom is -0.391 e. The summed E-state index contributed by atoms with van der Waals surface area (Å²) < 4.78 is 4.31. The molecule has 2 aromatic rings. The van der Waals surface area contributed by atoms with Crippen LogP contribution < -0.4 is 15.1 Å². The lowest BCUT2D eigenvalue weighted by Crippen LogP contribution is -2.34. The Balaban J connectivity index is 1.34. The van der Waals surface area contributed by atoms with Crippen LogP contribution in [0.2, 0.25) is 0 Å². The first-order valence-corrected chi connectivity index (χ1v) is 9.38. The van der Waals surface area contributed by atoms with Crippen LogP contribution in [0.1, 0.15) is 30.9 Å². The van der Waals surface area contributed by atoms with Gasteiger partial charge >= 0.3 is 0 Å². The molecule has 1 saturated carbocycles. The van der Waals surface area contributed by atoms with Crippen molar-refractivity contribution in [1.29, 1.82) is 0 Å². The summed E-state index contributed by atoms with van der Waals surface area (Å²) in [5.41, 5.74) is 1.09. The molecule has 0 radical (unpaired) electrons. The topological polar surface area (TPSA) is 90.3 Å². The predicted octanol–water partition coefficient (Wildman–Crippen LogP) is 1.32. The molecular formula is C16H23N7OS. The number of hydrogen-bond donors (Lipinski definition) is 2. The van der Waals surface area contributed by atoms with Gasteiger partial charge in [0, 0.05) is 62.4 Å². The molecule has 1 aliphatic carbocycles. The van der Waals surface area contributed by atoms with Gasteiger partial charge in [0.15, 0.2) is 0 Å². The van der Waals surface area contributed by atoms with E-state index < -0.39 is 0 Å². The zero-order chi connectivity index (χ0) is 17.4. The highest BCUT2D eigenvalue weighted by molar-refractivity contribution is 7.09. The zero-order valence-corrected chi connectivity index (χ0v) is 15.3. The van der Waals surface area contributed by atoms with Crippen LogP contribution in [0.3, 0.4) is 0 Å². The molecule has 2 N–H and O–H groups in total. The predicted molar refractivity (Wildman–Crippen MR) is 98.5 cm³/mol. The maximum Gasteiger partial charge on any atom is 0.238 e. The molecule has 8 nitrogen and oxygen atoms in total. The number of aliphatic hydroxyl groups excluding tert-OH is 1. The number of nitrogens with zero attached hydrogens (tertiary/aromatic N) is 6. The van der Waals surface area contributed by atoms with Crippen LogP contribution in [-0.2, 0) is 0 Å². The number of aliphatic hydroxyl groups is 1. The van der Waals surface area contributed by atoms with Gasteiger partial charge in [0.2, 0.25) is 11.1 Å². The quantitative estimate of drug-likeness (QED) is 0.824. The van der Waals surface area contributed by atoms with Gasteiger partial charge in [0.05, 0.1) is 6.10 Å². The lowest BCUT2D eigenvalue weighted by Gasteiger charge is -2.35. The summed E-state index contributed by atoms with van der Waals surface area (Å²) in [4.78, 5) is 17.3. The summed E-state index contributed by atoms with van der Waals surface area (Å²) in [6.45, 7) is 1.52. The molecule has 3 heterocycles. The number of hydrogen-bond acceptors (Lipinski definition) is 9. The third-order valence-electron chi connectivity index (χ3n) is 4.86. The van der Waals surface area contributed by atoms with Crippen molar-refractivity contribution in [3.8, 4) is 0 Å². The van der Waals surface area contributed by atoms with E-state index in [0.29, 0.717) is 18.5 Å². The van der Waals surface area contributed by atoms with Crippen LogP contribution in [-0.4, -0.2) is 63.8 Å². The van der Waals surface area contributed by atoms with Crippen molar-refractivity contribution in [2.24, 2.45) is 0 Å². The highest BCUT2D eigenvalue weighted by atomic mass is 32.1. The van der Waals surface area contributed by atoms with E-state index in [-0.39, 0.29) is 6.10 Å². The van der Waals surface area contributed by atoms with Gasteiger partial charge in [-0.25, -0.2) is 9.97 Å². The molecule has 1 saturated heterocycles. The molecule has 1 atom stereocenters. The standard InChI is InChI=1S/C16H23N7OS/c1-22(2)15-20-16(25-21-15)19-11-5-10(6-11)13-7-14(18-9-17-13)23-4-3-12(24)8-23/h7,9-12,24H,3-6,8H2,1-2H3,(H,19,20,21). The summed E-state index contributed by atoms with van der Waals surface area (Å²) in [5.74, 6) is 2.13. The number of nitrogens with one attached hydrogen (secondary N) is 1. The van der Waals surface area contributed by atoms with E-state index in [9.17, 15) is 5.11 Å². The second kappa shape index (κ2) is 6.72. The second-order valence-electron chi connectivity index (χ2n) is 6.99. The Kier molecular flexibility index (Phi) is 4.43. The van der Waals surface area contributed by atoms with E-state index in [1.54, 1.807) is 6.33 Å². The van der Waals surface area contributed by atoms with Crippen molar-refractivity contribution in [3.63, 3.8) is 0 Å². The van der Waals surface area contributed by atoms with Crippen molar-refractivity contribution in [2.45, 2.75) is 37.3 Å². The largest absolute Gasteiger partial charge is 0.391 e. The van der Waals surface area contributed by atoms with Crippen molar-refractivity contribution >= 4 is 28.4 Å². The van der Waals surface area contributed by atoms with E-state index in [0.717, 1.165) is 48.4 Å². The fourth-order valence-corrected chi connectivity index (χ4v) is 4.03. The van der Waals surface area contributed by atoms with E-state index >= 15 is 0 Å². The van der Waals surface area contributed by atoms with Crippen LogP contribution in [0.4, 0.5) is 16.9 Å². The first-order chi connectivity index (χ1) is 12.1. The van der Waals surface area contributed by atoms with Crippen molar-refractivity contribution in [1.82, 2.24) is 19.3 Å². The summed E-state index contributed by atoms with van der Waals surface area (Å²) in [7, 11) is 3.88. The molecule has 2 fully saturated rings. The van der Waals surface area contributed by atoms with Gasteiger partial charge in [-0.3, -0.25) is 0 Å². The Hall–Kier alpha value is -2.00. The third-order valence-corrected chi connectivity index (χ3v) is 5.50. The SMILES string of the molecule is CN(C)c1nsc(NC2CC(c3cc(N4CCC(O)C4)ncn3)C2)n1. The number of rotatable bonds is 5. The number of β-amino-alcohol motifs (C(OH)–C–C–N with tert-alkyl or cyclic N) is 1. The van der Waals surface area contributed by atoms with Gasteiger partial charge in [0.25, 0.3) is 0 Å². The van der Waals surface area contributed by atoms with Gasteiger partial charge in [0.1, 0.15) is 12.1 Å². The lowest BCUT2D eigenvalue weighted by molar-refractivity contribution is 0.198. The minimum absolute atomic E-state index is 0.241. The summed E-state index contributed by atoms with van der Waals surface area (Å²) in [5, 5.41) is 14.0. The lowest BCUT2D eigenvalue weighted by atomic mass is 9.78. The maximum absolute atomic E-state index is 9.70. The molecule has 9 heteroatoms. The molecule has 134 valence electrons. The zero-order valence-electron chi connectivity index (χ0n) is 14.5. The smallest absolute Gasteiger partial charge is 0.238 e. The van der Waals surface area contributed by atoms with Crippen LogP contribution in [0, 0.1) is 0 Å². The fourth-order valence-electron chi connectivity index (χ4n) is 3.32. The second-order valence-corrected chi connectivity index (χ2v) is 7.74. The van der Waals surface area contributed by atoms with Gasteiger partial charge in [-0.1, -0.05) is 0 Å². The Labute approximate surface area is 151 Å². The average molecular weight is 361 g/mol. The average Bonchev–Trinajstić information content (AvgIpc) is 3.19. The van der Waals surface area contributed by atoms with Gasteiger partial charge in [-0.2, -0.15) is 9.36 Å². The molecule has 0 bridgehead atoms. The van der Waals surface area contributed by atoms with Crippen LogP contribution in [0.25, 0.3) is 0 Å². The van der Waals surface area contributed by atoms with Gasteiger partial charge in [-0.05, 0) is 19.3 Å². The number of aromatic nitrogens is 4. The summed E-state index contributed by atoms with van der Waals surface area (Å²) in [6.07, 6.45) is 4.29. The molecule has 25 heavy (non-hydrogen) atoms. The van der Waals surface area contributed by atoms with E-state index in [1.165, 1.54) is 11.5 Å². The monoisotopic (exact) mass is 361 g/mol. The third kappa shape index (κ3) is 3.52. The van der Waals surface area contributed by atoms with Crippen LogP contribution in [0.5, 0.6) is 0 Å². The van der Waals surface area contributed by atoms with Crippen LogP contribution in [0.15, 0.2) is 12.4 Å². The van der Waals surface area contributed by atoms with Crippen molar-refractivity contribution in [3.05, 3.63) is 18.1 Å². The summed E-state index contributed by atoms with van der Waals surface area (Å²) in [6, 6.07) is 2.49. The van der Waals surface area contributed by atoms with E-state index in [2.05, 4.69) is 35.6 Å². The first kappa shape index (κ1) is 16.5. The highest BCUT2D eigenvalue weighted by Crippen LogP contribution is 2.38. The number of anilines is 3. The molecule has 1 unspecified atom stereocenters. The van der Waals surface area contributed by atoms with Crippen molar-refractivity contribution < 1.29 is 5.11 Å². The van der Waals surface area contributed by atoms with Crippen LogP contribution >= 0.6 is 11.5 Å². The Morgan fingerprint density at radius 1 is 1.32 bits per heavy atom. The maximum atomic E-state index is 9.70. The molecule has 4 rings (SSSR count). The Morgan fingerprint density at radius 2 is 2.16 bits per heavy atom. The Bertz CT molecular complexity index is 731. The first-order valence-electron chi connectivity index (χ1n) is 8.61. The molecule has 0 spiro atoms. The van der Waals surface area contributed by atoms with Crippen molar-refractivity contribution in [2.75, 3.05) is 42.3 Å². The molecule has 0 aromatic carbocycles. The summed E-state index contributed by atoms with van der Waals surface area (Å²) >= 11 is 1.40. The molecule has 0 amide bonds. The molecule has 2 aromatic heterocycles. The van der Waals surface area contributed by atoms with Gasteiger partial charge < -0.3 is 20.2 Å². The fraction of sp³-hybridized carbons (Fsp3) is 0.625. The Morgan fingerprint density at radius 3 is 2.84 bits per heavy atom. The molecule has 1 aliphatic heterocycles. The normalized spacial score (nSPS) is 25.7. The molecule has 2 aliphatic rings.